The van der Waals surface area contributed by atoms with Crippen molar-refractivity contribution in [1.29, 1.82) is 0 Å². The molecule has 0 spiro atoms. The lowest BCUT2D eigenvalue weighted by atomic mass is 9.78. The molecule has 0 aliphatic carbocycles. The van der Waals surface area contributed by atoms with Gasteiger partial charge in [0.2, 0.25) is 5.91 Å². The van der Waals surface area contributed by atoms with Gasteiger partial charge in [0.05, 0.1) is 4.99 Å². The Bertz CT molecular complexity index is 245. The van der Waals surface area contributed by atoms with Crippen LogP contribution in [0.1, 0.15) is 20.3 Å². The minimum Gasteiger partial charge on any atom is -0.320 e. The number of rotatable bonds is 2. The summed E-state index contributed by atoms with van der Waals surface area (Å²) in [5.74, 6) is 0.150. The molecule has 12 heavy (non-hydrogen) atoms. The van der Waals surface area contributed by atoms with Crippen LogP contribution in [-0.4, -0.2) is 10.9 Å². The zero-order chi connectivity index (χ0) is 9.35. The molecule has 1 fully saturated rings. The summed E-state index contributed by atoms with van der Waals surface area (Å²) in [6, 6.07) is 0. The highest BCUT2D eigenvalue weighted by Gasteiger charge is 2.37. The second kappa shape index (κ2) is 2.98. The molecule has 1 aliphatic rings. The predicted molar refractivity (Wildman–Crippen MR) is 52.8 cm³/mol. The maximum absolute atomic E-state index is 11.0. The van der Waals surface area contributed by atoms with E-state index in [1.165, 1.54) is 0 Å². The Morgan fingerprint density at radius 1 is 1.75 bits per heavy atom. The number of carbonyl (C=O) groups is 1. The van der Waals surface area contributed by atoms with E-state index in [0.29, 0.717) is 11.4 Å². The van der Waals surface area contributed by atoms with Crippen LogP contribution in [0.15, 0.2) is 12.7 Å². The molecule has 1 N–H and O–H groups in total. The maximum Gasteiger partial charge on any atom is 0.225 e. The second-order valence-corrected chi connectivity index (χ2v) is 4.13. The van der Waals surface area contributed by atoms with Gasteiger partial charge in [-0.2, -0.15) is 0 Å². The molecule has 2 nitrogen and oxygen atoms in total. The quantitative estimate of drug-likeness (QED) is 0.521. The molecule has 1 amide bonds. The average molecular weight is 183 g/mol. The first-order valence-electron chi connectivity index (χ1n) is 3.94. The summed E-state index contributed by atoms with van der Waals surface area (Å²) in [5, 5.41) is 2.65. The lowest BCUT2D eigenvalue weighted by molar-refractivity contribution is -0.119. The van der Waals surface area contributed by atoms with Crippen LogP contribution in [-0.2, 0) is 4.79 Å². The summed E-state index contributed by atoms with van der Waals surface area (Å²) in [5.41, 5.74) is -0.0871. The number of hydrogen-bond acceptors (Lipinski definition) is 2. The summed E-state index contributed by atoms with van der Waals surface area (Å²) in [7, 11) is 0. The third-order valence-electron chi connectivity index (χ3n) is 2.39. The third kappa shape index (κ3) is 1.55. The molecule has 0 saturated carbocycles. The van der Waals surface area contributed by atoms with Crippen molar-refractivity contribution in [2.75, 3.05) is 0 Å². The molecule has 0 aromatic carbocycles. The fraction of sp³-hybridized carbons (Fsp3) is 0.556. The Morgan fingerprint density at radius 2 is 2.33 bits per heavy atom. The van der Waals surface area contributed by atoms with Gasteiger partial charge >= 0.3 is 0 Å². The van der Waals surface area contributed by atoms with Gasteiger partial charge in [0, 0.05) is 12.3 Å². The number of thiocarbonyl (C=S) groups is 1. The molecule has 0 aromatic rings. The van der Waals surface area contributed by atoms with E-state index in [9.17, 15) is 4.79 Å². The topological polar surface area (TPSA) is 29.1 Å². The first-order valence-corrected chi connectivity index (χ1v) is 4.35. The van der Waals surface area contributed by atoms with Crippen molar-refractivity contribution in [2.45, 2.75) is 20.3 Å². The highest BCUT2D eigenvalue weighted by atomic mass is 32.1. The van der Waals surface area contributed by atoms with E-state index in [1.807, 2.05) is 19.9 Å². The molecule has 0 aromatic heterocycles. The van der Waals surface area contributed by atoms with E-state index in [-0.39, 0.29) is 17.2 Å². The number of nitrogens with one attached hydrogen (secondary N) is 1. The van der Waals surface area contributed by atoms with Crippen LogP contribution >= 0.6 is 12.2 Å². The van der Waals surface area contributed by atoms with Crippen molar-refractivity contribution < 1.29 is 4.79 Å². The predicted octanol–water partition coefficient (Wildman–Crippen LogP) is 1.66. The van der Waals surface area contributed by atoms with Crippen LogP contribution in [0, 0.1) is 11.3 Å². The van der Waals surface area contributed by atoms with Crippen molar-refractivity contribution in [3.05, 3.63) is 12.7 Å². The molecule has 3 heteroatoms. The fourth-order valence-electron chi connectivity index (χ4n) is 1.30. The van der Waals surface area contributed by atoms with Gasteiger partial charge in [-0.3, -0.25) is 4.79 Å². The van der Waals surface area contributed by atoms with Crippen LogP contribution in [0.3, 0.4) is 0 Å². The lowest BCUT2D eigenvalue weighted by Crippen LogP contribution is -2.28. The fourth-order valence-corrected chi connectivity index (χ4v) is 1.80. The molecule has 1 saturated heterocycles. The maximum atomic E-state index is 11.0. The number of hydrogen-bond donors (Lipinski definition) is 1. The van der Waals surface area contributed by atoms with E-state index in [1.54, 1.807) is 0 Å². The molecule has 1 unspecified atom stereocenters. The van der Waals surface area contributed by atoms with Crippen molar-refractivity contribution in [3.8, 4) is 0 Å². The highest BCUT2D eigenvalue weighted by Crippen LogP contribution is 2.33. The van der Waals surface area contributed by atoms with Gasteiger partial charge in [0.15, 0.2) is 0 Å². The average Bonchev–Trinajstić information content (AvgIpc) is 2.31. The van der Waals surface area contributed by atoms with Crippen molar-refractivity contribution in [2.24, 2.45) is 11.3 Å². The largest absolute Gasteiger partial charge is 0.320 e. The molecule has 66 valence electrons. The Kier molecular flexibility index (Phi) is 2.33. The summed E-state index contributed by atoms with van der Waals surface area (Å²) in [6.07, 6.45) is 2.35. The van der Waals surface area contributed by atoms with Gasteiger partial charge < -0.3 is 5.32 Å². The Morgan fingerprint density at radius 3 is 2.67 bits per heavy atom. The summed E-state index contributed by atoms with van der Waals surface area (Å²) in [4.78, 5) is 11.7. The Balaban J connectivity index is 2.83. The molecular formula is C9H13NOS. The minimum atomic E-state index is -0.0871. The number of carbonyl (C=O) groups excluding carboxylic acids is 1. The number of allylic oxidation sites excluding steroid dienone is 1. The first-order chi connectivity index (χ1) is 5.47. The lowest BCUT2D eigenvalue weighted by Gasteiger charge is -2.26. The van der Waals surface area contributed by atoms with E-state index in [4.69, 9.17) is 12.2 Å². The van der Waals surface area contributed by atoms with Gasteiger partial charge in [-0.1, -0.05) is 32.1 Å². The van der Waals surface area contributed by atoms with Crippen LogP contribution in [0.2, 0.25) is 0 Å². The van der Waals surface area contributed by atoms with E-state index in [0.717, 1.165) is 0 Å². The monoisotopic (exact) mass is 183 g/mol. The van der Waals surface area contributed by atoms with Gasteiger partial charge in [0.1, 0.15) is 0 Å². The van der Waals surface area contributed by atoms with Crippen molar-refractivity contribution in [3.63, 3.8) is 0 Å². The summed E-state index contributed by atoms with van der Waals surface area (Å²) in [6.45, 7) is 7.82. The standard InChI is InChI=1S/C9H13NOS/c1-4-9(2,3)6-5-7(11)10-8(6)12/h4,6H,1,5H2,2-3H3,(H,10,11,12). The van der Waals surface area contributed by atoms with Crippen LogP contribution in [0.25, 0.3) is 0 Å². The van der Waals surface area contributed by atoms with Crippen molar-refractivity contribution in [1.82, 2.24) is 5.32 Å². The van der Waals surface area contributed by atoms with Crippen molar-refractivity contribution >= 4 is 23.1 Å². The molecule has 0 bridgehead atoms. The van der Waals surface area contributed by atoms with Crippen LogP contribution in [0.4, 0.5) is 0 Å². The Labute approximate surface area is 78.0 Å². The van der Waals surface area contributed by atoms with Gasteiger partial charge in [-0.05, 0) is 5.41 Å². The summed E-state index contributed by atoms with van der Waals surface area (Å²) < 4.78 is 0. The molecule has 0 radical (unpaired) electrons. The smallest absolute Gasteiger partial charge is 0.225 e. The van der Waals surface area contributed by atoms with Gasteiger partial charge in [0.25, 0.3) is 0 Å². The van der Waals surface area contributed by atoms with Crippen LogP contribution in [0.5, 0.6) is 0 Å². The SMILES string of the molecule is C=CC(C)(C)C1CC(=O)NC1=S. The minimum absolute atomic E-state index is 0.0277. The molecule has 1 rings (SSSR count). The van der Waals surface area contributed by atoms with Crippen LogP contribution < -0.4 is 5.32 Å². The second-order valence-electron chi connectivity index (χ2n) is 3.69. The zero-order valence-corrected chi connectivity index (χ0v) is 8.20. The first kappa shape index (κ1) is 9.39. The number of amides is 1. The summed E-state index contributed by atoms with van der Waals surface area (Å²) >= 11 is 5.05. The normalized spacial score (nSPS) is 24.0. The molecule has 1 aliphatic heterocycles. The van der Waals surface area contributed by atoms with E-state index < -0.39 is 0 Å². The van der Waals surface area contributed by atoms with E-state index >= 15 is 0 Å². The molecule has 1 atom stereocenters. The zero-order valence-electron chi connectivity index (χ0n) is 7.39. The van der Waals surface area contributed by atoms with Gasteiger partial charge in [-0.15, -0.1) is 6.58 Å². The molecular weight excluding hydrogens is 170 g/mol. The van der Waals surface area contributed by atoms with E-state index in [2.05, 4.69) is 11.9 Å². The molecule has 1 heterocycles. The third-order valence-corrected chi connectivity index (χ3v) is 2.78. The Hall–Kier alpha value is -0.700. The highest BCUT2D eigenvalue weighted by molar-refractivity contribution is 7.80. The van der Waals surface area contributed by atoms with Gasteiger partial charge in [-0.25, -0.2) is 0 Å².